The number of ether oxygens (including phenoxy) is 1. The number of thiophene rings is 1. The van der Waals surface area contributed by atoms with Gasteiger partial charge in [0.1, 0.15) is 28.7 Å². The van der Waals surface area contributed by atoms with Gasteiger partial charge in [-0.2, -0.15) is 5.26 Å². The molecule has 5 heterocycles. The number of rotatable bonds is 4. The van der Waals surface area contributed by atoms with Crippen molar-refractivity contribution in [3.05, 3.63) is 47.0 Å². The number of benzene rings is 2. The summed E-state index contributed by atoms with van der Waals surface area (Å²) < 4.78 is 23.4. The predicted molar refractivity (Wildman–Crippen MR) is 145 cm³/mol. The first-order valence-electron chi connectivity index (χ1n) is 12.9. The van der Waals surface area contributed by atoms with E-state index in [0.29, 0.717) is 40.2 Å². The van der Waals surface area contributed by atoms with Crippen LogP contribution in [0.5, 0.6) is 0 Å². The highest BCUT2D eigenvalue weighted by molar-refractivity contribution is 7.23. The third kappa shape index (κ3) is 3.43. The maximum absolute atomic E-state index is 16.6. The lowest BCUT2D eigenvalue weighted by atomic mass is 9.90. The molecular weight excluding hydrogens is 503 g/mol. The van der Waals surface area contributed by atoms with Crippen molar-refractivity contribution in [1.29, 1.82) is 5.26 Å². The van der Waals surface area contributed by atoms with Gasteiger partial charge in [-0.15, -0.1) is 11.3 Å². The minimum absolute atomic E-state index is 0.243. The summed E-state index contributed by atoms with van der Waals surface area (Å²) in [6, 6.07) is 8.33. The number of hydrogen-bond donors (Lipinski definition) is 2. The number of likely N-dealkylation sites (tertiary alicyclic amines) is 1. The Labute approximate surface area is 223 Å². The summed E-state index contributed by atoms with van der Waals surface area (Å²) in [5.41, 5.74) is 9.58. The summed E-state index contributed by atoms with van der Waals surface area (Å²) in [6.07, 6.45) is 3.14. The number of nitrogen functional groups attached to an aromatic ring is 1. The smallest absolute Gasteiger partial charge is 0.157 e. The second-order valence-electron chi connectivity index (χ2n) is 10.6. The van der Waals surface area contributed by atoms with Crippen LogP contribution in [0.3, 0.4) is 0 Å². The number of β-amino-alcohol motifs (C(OH)–C–C–N with tert-alkyl or cyclic N) is 1. The Morgan fingerprint density at radius 3 is 2.71 bits per heavy atom. The normalized spacial score (nSPS) is 21.8. The van der Waals surface area contributed by atoms with Gasteiger partial charge in [0.05, 0.1) is 30.3 Å². The first kappa shape index (κ1) is 23.7. The number of aliphatic hydroxyl groups is 1. The first-order valence-corrected chi connectivity index (χ1v) is 13.7. The number of hydrogen-bond acceptors (Lipinski definition) is 9. The van der Waals surface area contributed by atoms with E-state index in [2.05, 4.69) is 20.9 Å². The number of nitrogens with two attached hydrogens (primary N) is 1. The van der Waals surface area contributed by atoms with Gasteiger partial charge >= 0.3 is 0 Å². The lowest BCUT2D eigenvalue weighted by Gasteiger charge is -2.42. The Hall–Kier alpha value is -3.36. The monoisotopic (exact) mass is 530 g/mol. The number of nitrogens with zero attached hydrogens (tertiary/aromatic N) is 5. The van der Waals surface area contributed by atoms with E-state index >= 15 is 4.39 Å². The molecule has 2 fully saturated rings. The molecule has 0 aliphatic carbocycles. The molecule has 4 aromatic rings. The fourth-order valence-electron chi connectivity index (χ4n) is 6.77. The molecule has 0 spiro atoms. The highest BCUT2D eigenvalue weighted by Gasteiger charge is 2.42. The second-order valence-corrected chi connectivity index (χ2v) is 11.6. The summed E-state index contributed by atoms with van der Waals surface area (Å²) in [5.74, 6) is 0.344. The van der Waals surface area contributed by atoms with Crippen molar-refractivity contribution >= 4 is 43.1 Å². The molecule has 2 aromatic carbocycles. The molecule has 3 aliphatic rings. The lowest BCUT2D eigenvalue weighted by molar-refractivity contribution is 0.111. The van der Waals surface area contributed by atoms with Gasteiger partial charge in [-0.05, 0) is 42.5 Å². The third-order valence-electron chi connectivity index (χ3n) is 8.16. The van der Waals surface area contributed by atoms with Crippen LogP contribution in [-0.4, -0.2) is 57.8 Å². The molecule has 0 radical (unpaired) electrons. The van der Waals surface area contributed by atoms with Gasteiger partial charge in [-0.1, -0.05) is 12.1 Å². The van der Waals surface area contributed by atoms with Crippen molar-refractivity contribution in [3.8, 4) is 17.2 Å². The molecule has 2 bridgehead atoms. The van der Waals surface area contributed by atoms with Crippen molar-refractivity contribution in [2.24, 2.45) is 0 Å². The number of aromatic nitrogens is 2. The van der Waals surface area contributed by atoms with Gasteiger partial charge in [-0.25, -0.2) is 14.4 Å². The average Bonchev–Trinajstić information content (AvgIpc) is 3.57. The number of nitriles is 1. The van der Waals surface area contributed by atoms with E-state index in [1.165, 1.54) is 17.7 Å². The van der Waals surface area contributed by atoms with Crippen molar-refractivity contribution in [3.63, 3.8) is 0 Å². The molecule has 3 N–H and O–H groups in total. The minimum atomic E-state index is -0.422. The molecule has 3 aliphatic heterocycles. The molecule has 2 saturated heterocycles. The molecule has 0 saturated carbocycles. The minimum Gasteiger partial charge on any atom is -0.392 e. The zero-order valence-electron chi connectivity index (χ0n) is 20.9. The maximum Gasteiger partial charge on any atom is 0.157 e. The van der Waals surface area contributed by atoms with E-state index in [1.54, 1.807) is 0 Å². The molecule has 8 nitrogen and oxygen atoms in total. The van der Waals surface area contributed by atoms with Crippen LogP contribution in [-0.2, 0) is 18.0 Å². The molecule has 3 atom stereocenters. The Morgan fingerprint density at radius 1 is 1.21 bits per heavy atom. The number of piperazine rings is 1. The summed E-state index contributed by atoms with van der Waals surface area (Å²) in [6.45, 7) is 4.77. The SMILES string of the molecule is C[C@H](O)CN1CC2CCC(C1)N2c1ncnc2c(F)c(-c3cccc4sc(N)c(C#N)c34)c3c(c12)COC3. The maximum atomic E-state index is 16.6. The predicted octanol–water partition coefficient (Wildman–Crippen LogP) is 4.17. The largest absolute Gasteiger partial charge is 0.392 e. The van der Waals surface area contributed by atoms with Crippen LogP contribution in [0.15, 0.2) is 24.5 Å². The topological polar surface area (TPSA) is 112 Å². The van der Waals surface area contributed by atoms with E-state index < -0.39 is 5.82 Å². The van der Waals surface area contributed by atoms with Crippen LogP contribution in [0.1, 0.15) is 36.5 Å². The van der Waals surface area contributed by atoms with Crippen LogP contribution < -0.4 is 10.6 Å². The van der Waals surface area contributed by atoms with Crippen LogP contribution in [0.2, 0.25) is 0 Å². The molecule has 10 heteroatoms. The number of halogens is 1. The third-order valence-corrected chi connectivity index (χ3v) is 9.15. The van der Waals surface area contributed by atoms with Gasteiger partial charge in [0.25, 0.3) is 0 Å². The molecule has 0 amide bonds. The van der Waals surface area contributed by atoms with Gasteiger partial charge in [-0.3, -0.25) is 4.90 Å². The Kier molecular flexibility index (Phi) is 5.53. The Balaban J connectivity index is 1.43. The zero-order valence-corrected chi connectivity index (χ0v) is 21.8. The van der Waals surface area contributed by atoms with Crippen molar-refractivity contribution in [2.45, 2.75) is 51.2 Å². The van der Waals surface area contributed by atoms with Crippen LogP contribution in [0.4, 0.5) is 15.2 Å². The van der Waals surface area contributed by atoms with Gasteiger partial charge in [0.2, 0.25) is 0 Å². The lowest BCUT2D eigenvalue weighted by Crippen LogP contribution is -2.55. The average molecular weight is 531 g/mol. The van der Waals surface area contributed by atoms with Crippen molar-refractivity contribution < 1.29 is 14.2 Å². The highest BCUT2D eigenvalue weighted by atomic mass is 32.1. The van der Waals surface area contributed by atoms with E-state index in [1.807, 2.05) is 25.1 Å². The van der Waals surface area contributed by atoms with Crippen LogP contribution in [0, 0.1) is 17.1 Å². The molecule has 2 aromatic heterocycles. The van der Waals surface area contributed by atoms with Gasteiger partial charge < -0.3 is 20.5 Å². The molecule has 194 valence electrons. The van der Waals surface area contributed by atoms with E-state index in [0.717, 1.165) is 53.0 Å². The number of fused-ring (bicyclic) bond motifs is 6. The van der Waals surface area contributed by atoms with E-state index in [9.17, 15) is 10.4 Å². The fraction of sp³-hybridized carbons (Fsp3) is 0.393. The highest BCUT2D eigenvalue weighted by Crippen LogP contribution is 2.47. The van der Waals surface area contributed by atoms with E-state index in [-0.39, 0.29) is 30.3 Å². The molecule has 2 unspecified atom stereocenters. The first-order chi connectivity index (χ1) is 18.5. The van der Waals surface area contributed by atoms with Crippen molar-refractivity contribution in [2.75, 3.05) is 30.3 Å². The summed E-state index contributed by atoms with van der Waals surface area (Å²) in [5, 5.41) is 21.6. The van der Waals surface area contributed by atoms with E-state index in [4.69, 9.17) is 15.5 Å². The summed E-state index contributed by atoms with van der Waals surface area (Å²) in [7, 11) is 0. The zero-order chi connectivity index (χ0) is 26.1. The van der Waals surface area contributed by atoms with Gasteiger partial charge in [0.15, 0.2) is 5.82 Å². The second kappa shape index (κ2) is 8.85. The van der Waals surface area contributed by atoms with Crippen LogP contribution >= 0.6 is 11.3 Å². The summed E-state index contributed by atoms with van der Waals surface area (Å²) in [4.78, 5) is 13.9. The summed E-state index contributed by atoms with van der Waals surface area (Å²) >= 11 is 1.34. The molecule has 38 heavy (non-hydrogen) atoms. The van der Waals surface area contributed by atoms with Crippen LogP contribution in [0.25, 0.3) is 32.1 Å². The van der Waals surface area contributed by atoms with Crippen molar-refractivity contribution in [1.82, 2.24) is 14.9 Å². The fourth-order valence-corrected chi connectivity index (χ4v) is 7.72. The number of anilines is 2. The molecule has 7 rings (SSSR count). The quantitative estimate of drug-likeness (QED) is 0.405. The number of aliphatic hydroxyl groups excluding tert-OH is 1. The van der Waals surface area contributed by atoms with Gasteiger partial charge in [0, 0.05) is 47.4 Å². The Bertz CT molecular complexity index is 1630. The molecular formula is C28H27FN6O2S. The standard InChI is InChI=1S/C28H27FN6O2S/c1-14(36)8-34-9-15-5-6-16(10-34)35(15)28-24-20-12-37-11-19(20)23(25(29)26(24)32-13-33-28)17-3-2-4-21-22(17)18(7-30)27(31)38-21/h2-4,13-16,36H,5-6,8-12,31H2,1H3/t14-,15?,16?/m0/s1. The Morgan fingerprint density at radius 2 is 1.97 bits per heavy atom.